The van der Waals surface area contributed by atoms with Crippen molar-refractivity contribution in [1.82, 2.24) is 10.2 Å². The Bertz CT molecular complexity index is 381. The Kier molecular flexibility index (Phi) is 5.67. The van der Waals surface area contributed by atoms with Crippen molar-refractivity contribution in [3.63, 3.8) is 0 Å². The summed E-state index contributed by atoms with van der Waals surface area (Å²) in [4.78, 5) is 2.62. The van der Waals surface area contributed by atoms with Crippen LogP contribution in [0.1, 0.15) is 31.2 Å². The van der Waals surface area contributed by atoms with Crippen molar-refractivity contribution in [1.29, 1.82) is 0 Å². The molecule has 0 aliphatic carbocycles. The first-order chi connectivity index (χ1) is 9.35. The van der Waals surface area contributed by atoms with E-state index >= 15 is 0 Å². The Labute approximate surface area is 116 Å². The number of para-hydroxylation sites is 1. The van der Waals surface area contributed by atoms with Gasteiger partial charge < -0.3 is 10.1 Å². The van der Waals surface area contributed by atoms with E-state index in [4.69, 9.17) is 4.74 Å². The molecule has 19 heavy (non-hydrogen) atoms. The van der Waals surface area contributed by atoms with Crippen molar-refractivity contribution >= 4 is 0 Å². The van der Waals surface area contributed by atoms with Crippen molar-refractivity contribution < 1.29 is 4.74 Å². The maximum absolute atomic E-state index is 5.46. The molecule has 0 radical (unpaired) electrons. The van der Waals surface area contributed by atoms with Crippen LogP contribution in [0.4, 0.5) is 0 Å². The molecule has 0 aromatic heterocycles. The third kappa shape index (κ3) is 3.95. The van der Waals surface area contributed by atoms with Crippen molar-refractivity contribution in [3.8, 4) is 5.75 Å². The highest BCUT2D eigenvalue weighted by Crippen LogP contribution is 2.25. The van der Waals surface area contributed by atoms with E-state index in [1.165, 1.54) is 37.8 Å². The Hall–Kier alpha value is -1.06. The Morgan fingerprint density at radius 3 is 2.95 bits per heavy atom. The summed E-state index contributed by atoms with van der Waals surface area (Å²) in [5.41, 5.74) is 1.31. The van der Waals surface area contributed by atoms with Gasteiger partial charge in [0, 0.05) is 18.2 Å². The lowest BCUT2D eigenvalue weighted by atomic mass is 9.98. The van der Waals surface area contributed by atoms with Crippen LogP contribution in [0.2, 0.25) is 0 Å². The van der Waals surface area contributed by atoms with Crippen molar-refractivity contribution in [2.24, 2.45) is 0 Å². The summed E-state index contributed by atoms with van der Waals surface area (Å²) in [5.74, 6) is 1.01. The fourth-order valence-corrected chi connectivity index (χ4v) is 2.96. The van der Waals surface area contributed by atoms with Crippen LogP contribution in [0.25, 0.3) is 0 Å². The SMILES string of the molecule is CNCCC1CCCCN1Cc1ccccc1OC. The van der Waals surface area contributed by atoms with Gasteiger partial charge in [0.15, 0.2) is 0 Å². The molecule has 1 unspecified atom stereocenters. The minimum Gasteiger partial charge on any atom is -0.496 e. The van der Waals surface area contributed by atoms with E-state index in [1.54, 1.807) is 7.11 Å². The van der Waals surface area contributed by atoms with Crippen molar-refractivity contribution in [2.45, 2.75) is 38.3 Å². The maximum atomic E-state index is 5.46. The summed E-state index contributed by atoms with van der Waals surface area (Å²) in [7, 11) is 3.79. The molecule has 0 spiro atoms. The highest BCUT2D eigenvalue weighted by atomic mass is 16.5. The number of hydrogen-bond donors (Lipinski definition) is 1. The number of hydrogen-bond acceptors (Lipinski definition) is 3. The summed E-state index contributed by atoms with van der Waals surface area (Å²) in [5, 5.41) is 3.27. The Morgan fingerprint density at radius 2 is 2.16 bits per heavy atom. The van der Waals surface area contributed by atoms with Crippen LogP contribution in [0.5, 0.6) is 5.75 Å². The quantitative estimate of drug-likeness (QED) is 0.853. The predicted octanol–water partition coefficient (Wildman–Crippen LogP) is 2.66. The smallest absolute Gasteiger partial charge is 0.123 e. The summed E-state index contributed by atoms with van der Waals surface area (Å²) in [6, 6.07) is 9.09. The van der Waals surface area contributed by atoms with E-state index in [9.17, 15) is 0 Å². The Balaban J connectivity index is 2.02. The molecule has 1 heterocycles. The number of ether oxygens (including phenoxy) is 1. The normalized spacial score (nSPS) is 20.4. The van der Waals surface area contributed by atoms with Gasteiger partial charge in [-0.25, -0.2) is 0 Å². The third-order valence-electron chi connectivity index (χ3n) is 4.04. The zero-order valence-electron chi connectivity index (χ0n) is 12.2. The lowest BCUT2D eigenvalue weighted by Crippen LogP contribution is -2.40. The highest BCUT2D eigenvalue weighted by Gasteiger charge is 2.22. The Morgan fingerprint density at radius 1 is 1.32 bits per heavy atom. The minimum absolute atomic E-state index is 0.714. The molecule has 1 aromatic rings. The number of piperidine rings is 1. The van der Waals surface area contributed by atoms with Crippen LogP contribution in [-0.2, 0) is 6.54 Å². The second-order valence-electron chi connectivity index (χ2n) is 5.32. The summed E-state index contributed by atoms with van der Waals surface area (Å²) >= 11 is 0. The zero-order valence-corrected chi connectivity index (χ0v) is 12.2. The number of methoxy groups -OCH3 is 1. The molecule has 1 aliphatic heterocycles. The predicted molar refractivity (Wildman–Crippen MR) is 79.6 cm³/mol. The van der Waals surface area contributed by atoms with E-state index in [0.29, 0.717) is 6.04 Å². The molecule has 3 nitrogen and oxygen atoms in total. The molecular weight excluding hydrogens is 236 g/mol. The molecule has 0 bridgehead atoms. The molecule has 1 fully saturated rings. The number of likely N-dealkylation sites (tertiary alicyclic amines) is 1. The molecule has 0 amide bonds. The van der Waals surface area contributed by atoms with Gasteiger partial charge in [-0.2, -0.15) is 0 Å². The largest absolute Gasteiger partial charge is 0.496 e. The molecule has 2 rings (SSSR count). The van der Waals surface area contributed by atoms with E-state index in [2.05, 4.69) is 28.4 Å². The van der Waals surface area contributed by atoms with E-state index in [-0.39, 0.29) is 0 Å². The van der Waals surface area contributed by atoms with E-state index in [0.717, 1.165) is 18.8 Å². The lowest BCUT2D eigenvalue weighted by Gasteiger charge is -2.36. The summed E-state index contributed by atoms with van der Waals surface area (Å²) in [6.45, 7) is 3.33. The maximum Gasteiger partial charge on any atom is 0.123 e. The topological polar surface area (TPSA) is 24.5 Å². The third-order valence-corrected chi connectivity index (χ3v) is 4.04. The van der Waals surface area contributed by atoms with Gasteiger partial charge in [0.05, 0.1) is 7.11 Å². The van der Waals surface area contributed by atoms with Gasteiger partial charge in [0.1, 0.15) is 5.75 Å². The molecule has 1 atom stereocenters. The molecule has 106 valence electrons. The molecule has 1 N–H and O–H groups in total. The van der Waals surface area contributed by atoms with Crippen LogP contribution in [0.15, 0.2) is 24.3 Å². The van der Waals surface area contributed by atoms with Crippen LogP contribution < -0.4 is 10.1 Å². The number of rotatable bonds is 6. The first-order valence-corrected chi connectivity index (χ1v) is 7.35. The molecule has 3 heteroatoms. The highest BCUT2D eigenvalue weighted by molar-refractivity contribution is 5.33. The average molecular weight is 262 g/mol. The number of benzene rings is 1. The fraction of sp³-hybridized carbons (Fsp3) is 0.625. The van der Waals surface area contributed by atoms with Gasteiger partial charge in [-0.3, -0.25) is 4.90 Å². The van der Waals surface area contributed by atoms with Crippen molar-refractivity contribution in [2.75, 3.05) is 27.2 Å². The summed E-state index contributed by atoms with van der Waals surface area (Å²) < 4.78 is 5.46. The van der Waals surface area contributed by atoms with Crippen LogP contribution >= 0.6 is 0 Å². The van der Waals surface area contributed by atoms with Gasteiger partial charge in [-0.05, 0) is 45.5 Å². The molecule has 0 saturated carbocycles. The average Bonchev–Trinajstić information content (AvgIpc) is 2.47. The van der Waals surface area contributed by atoms with Gasteiger partial charge in [0.25, 0.3) is 0 Å². The van der Waals surface area contributed by atoms with Gasteiger partial charge in [-0.1, -0.05) is 24.6 Å². The zero-order chi connectivity index (χ0) is 13.5. The van der Waals surface area contributed by atoms with Crippen LogP contribution in [0.3, 0.4) is 0 Å². The number of nitrogens with zero attached hydrogens (tertiary/aromatic N) is 1. The number of nitrogens with one attached hydrogen (secondary N) is 1. The molecular formula is C16H26N2O. The van der Waals surface area contributed by atoms with Crippen LogP contribution in [-0.4, -0.2) is 38.2 Å². The second-order valence-corrected chi connectivity index (χ2v) is 5.32. The second kappa shape index (κ2) is 7.51. The molecule has 1 aromatic carbocycles. The first kappa shape index (κ1) is 14.4. The lowest BCUT2D eigenvalue weighted by molar-refractivity contribution is 0.131. The van der Waals surface area contributed by atoms with E-state index in [1.807, 2.05) is 13.1 Å². The standard InChI is InChI=1S/C16H26N2O/c1-17-11-10-15-8-5-6-12-18(15)13-14-7-3-4-9-16(14)19-2/h3-4,7,9,15,17H,5-6,8,10-13H2,1-2H3. The monoisotopic (exact) mass is 262 g/mol. The van der Waals surface area contributed by atoms with Crippen LogP contribution in [0, 0.1) is 0 Å². The van der Waals surface area contributed by atoms with Gasteiger partial charge in [0.2, 0.25) is 0 Å². The van der Waals surface area contributed by atoms with E-state index < -0.39 is 0 Å². The van der Waals surface area contributed by atoms with Crippen molar-refractivity contribution in [3.05, 3.63) is 29.8 Å². The minimum atomic E-state index is 0.714. The fourth-order valence-electron chi connectivity index (χ4n) is 2.96. The summed E-state index contributed by atoms with van der Waals surface area (Å²) in [6.07, 6.45) is 5.27. The molecule has 1 aliphatic rings. The van der Waals surface area contributed by atoms with Gasteiger partial charge in [-0.15, -0.1) is 0 Å². The first-order valence-electron chi connectivity index (χ1n) is 7.35. The van der Waals surface area contributed by atoms with Gasteiger partial charge >= 0.3 is 0 Å². The molecule has 1 saturated heterocycles.